The molecular formula is C20H23Cl2N3O4S. The van der Waals surface area contributed by atoms with Gasteiger partial charge in [-0.2, -0.15) is 4.31 Å². The highest BCUT2D eigenvalue weighted by atomic mass is 35.5. The molecule has 1 saturated heterocycles. The van der Waals surface area contributed by atoms with Gasteiger partial charge in [-0.25, -0.2) is 8.42 Å². The summed E-state index contributed by atoms with van der Waals surface area (Å²) in [7, 11) is -3.46. The monoisotopic (exact) mass is 471 g/mol. The largest absolute Gasteiger partial charge is 0.482 e. The second-order valence-electron chi connectivity index (χ2n) is 6.77. The van der Waals surface area contributed by atoms with Gasteiger partial charge in [0.15, 0.2) is 6.61 Å². The molecule has 2 aromatic rings. The van der Waals surface area contributed by atoms with Gasteiger partial charge in [0.2, 0.25) is 10.0 Å². The van der Waals surface area contributed by atoms with Gasteiger partial charge < -0.3 is 10.1 Å². The standard InChI is InChI=1S/C20H23Cl2N3O4S/c21-16-6-7-19(18(22)14-16)29-15-20(26)23-8-9-24-10-12-25(13-11-24)30(27,28)17-4-2-1-3-5-17/h1-7,14H,8-13,15H2,(H,23,26). The van der Waals surface area contributed by atoms with E-state index in [1.54, 1.807) is 48.5 Å². The predicted octanol–water partition coefficient (Wildman–Crippen LogP) is 2.49. The Labute approximate surface area is 186 Å². The van der Waals surface area contributed by atoms with Crippen molar-refractivity contribution in [2.24, 2.45) is 0 Å². The van der Waals surface area contributed by atoms with E-state index in [4.69, 9.17) is 27.9 Å². The van der Waals surface area contributed by atoms with Crippen LogP contribution in [0.15, 0.2) is 53.4 Å². The third-order valence-corrected chi connectivity index (χ3v) is 7.16. The van der Waals surface area contributed by atoms with E-state index < -0.39 is 10.0 Å². The minimum absolute atomic E-state index is 0.148. The van der Waals surface area contributed by atoms with Crippen LogP contribution in [0.25, 0.3) is 0 Å². The Bertz CT molecular complexity index is 965. The van der Waals surface area contributed by atoms with Crippen LogP contribution in [0, 0.1) is 0 Å². The summed E-state index contributed by atoms with van der Waals surface area (Å²) in [5.74, 6) is 0.137. The van der Waals surface area contributed by atoms with Crippen molar-refractivity contribution in [2.45, 2.75) is 4.90 Å². The number of hydrogen-bond acceptors (Lipinski definition) is 5. The first-order valence-corrected chi connectivity index (χ1v) is 11.7. The van der Waals surface area contributed by atoms with Crippen molar-refractivity contribution in [3.63, 3.8) is 0 Å². The lowest BCUT2D eigenvalue weighted by Crippen LogP contribution is -2.50. The normalized spacial score (nSPS) is 15.7. The lowest BCUT2D eigenvalue weighted by molar-refractivity contribution is -0.123. The smallest absolute Gasteiger partial charge is 0.257 e. The van der Waals surface area contributed by atoms with E-state index in [0.717, 1.165) is 0 Å². The molecule has 0 aromatic heterocycles. The molecule has 1 fully saturated rings. The fourth-order valence-corrected chi connectivity index (χ4v) is 4.98. The van der Waals surface area contributed by atoms with Gasteiger partial charge in [0.05, 0.1) is 9.92 Å². The first kappa shape index (κ1) is 22.8. The molecular weight excluding hydrogens is 449 g/mol. The molecule has 0 spiro atoms. The SMILES string of the molecule is O=C(COc1ccc(Cl)cc1Cl)NCCN1CCN(S(=O)(=O)c2ccccc2)CC1. The third kappa shape index (κ3) is 6.09. The third-order valence-electron chi connectivity index (χ3n) is 4.72. The van der Waals surface area contributed by atoms with Crippen LogP contribution < -0.4 is 10.1 Å². The van der Waals surface area contributed by atoms with Crippen LogP contribution in [0.2, 0.25) is 10.0 Å². The van der Waals surface area contributed by atoms with Crippen LogP contribution in [0.5, 0.6) is 5.75 Å². The van der Waals surface area contributed by atoms with E-state index in [1.165, 1.54) is 4.31 Å². The lowest BCUT2D eigenvalue weighted by atomic mass is 10.3. The molecule has 2 aromatic carbocycles. The number of carbonyl (C=O) groups is 1. The average molecular weight is 472 g/mol. The van der Waals surface area contributed by atoms with Crippen LogP contribution in [-0.2, 0) is 14.8 Å². The molecule has 1 amide bonds. The molecule has 0 radical (unpaired) electrons. The maximum Gasteiger partial charge on any atom is 0.257 e. The average Bonchev–Trinajstić information content (AvgIpc) is 2.74. The van der Waals surface area contributed by atoms with E-state index in [1.807, 2.05) is 0 Å². The van der Waals surface area contributed by atoms with Crippen molar-refractivity contribution in [1.82, 2.24) is 14.5 Å². The van der Waals surface area contributed by atoms with Gasteiger partial charge >= 0.3 is 0 Å². The highest BCUT2D eigenvalue weighted by Crippen LogP contribution is 2.27. The molecule has 1 N–H and O–H groups in total. The molecule has 7 nitrogen and oxygen atoms in total. The van der Waals surface area contributed by atoms with E-state index in [0.29, 0.717) is 60.0 Å². The van der Waals surface area contributed by atoms with Crippen molar-refractivity contribution in [2.75, 3.05) is 45.9 Å². The summed E-state index contributed by atoms with van der Waals surface area (Å²) >= 11 is 11.8. The van der Waals surface area contributed by atoms with E-state index in [-0.39, 0.29) is 12.5 Å². The van der Waals surface area contributed by atoms with E-state index in [9.17, 15) is 13.2 Å². The van der Waals surface area contributed by atoms with Gasteiger partial charge in [0, 0.05) is 44.3 Å². The van der Waals surface area contributed by atoms with Crippen LogP contribution in [0.3, 0.4) is 0 Å². The summed E-state index contributed by atoms with van der Waals surface area (Å²) in [5, 5.41) is 3.63. The number of nitrogens with one attached hydrogen (secondary N) is 1. The molecule has 1 heterocycles. The zero-order chi connectivity index (χ0) is 21.6. The van der Waals surface area contributed by atoms with E-state index >= 15 is 0 Å². The van der Waals surface area contributed by atoms with Crippen molar-refractivity contribution in [3.8, 4) is 5.75 Å². The number of piperazine rings is 1. The second kappa shape index (κ2) is 10.5. The molecule has 1 aliphatic rings. The van der Waals surface area contributed by atoms with Crippen molar-refractivity contribution in [1.29, 1.82) is 0 Å². The summed E-state index contributed by atoms with van der Waals surface area (Å²) in [4.78, 5) is 14.4. The zero-order valence-corrected chi connectivity index (χ0v) is 18.6. The topological polar surface area (TPSA) is 79.0 Å². The number of amides is 1. The van der Waals surface area contributed by atoms with Crippen molar-refractivity contribution in [3.05, 3.63) is 58.6 Å². The summed E-state index contributed by atoms with van der Waals surface area (Å²) in [6.07, 6.45) is 0. The molecule has 0 atom stereocenters. The predicted molar refractivity (Wildman–Crippen MR) is 117 cm³/mol. The first-order chi connectivity index (χ1) is 14.4. The lowest BCUT2D eigenvalue weighted by Gasteiger charge is -2.33. The minimum atomic E-state index is -3.46. The molecule has 10 heteroatoms. The number of nitrogens with zero attached hydrogens (tertiary/aromatic N) is 2. The van der Waals surface area contributed by atoms with Gasteiger partial charge in [-0.05, 0) is 30.3 Å². The van der Waals surface area contributed by atoms with Crippen LogP contribution >= 0.6 is 23.2 Å². The molecule has 0 aliphatic carbocycles. The molecule has 0 bridgehead atoms. The second-order valence-corrected chi connectivity index (χ2v) is 9.55. The molecule has 162 valence electrons. The Kier molecular flexibility index (Phi) is 7.96. The summed E-state index contributed by atoms with van der Waals surface area (Å²) < 4.78 is 32.2. The number of hydrogen-bond donors (Lipinski definition) is 1. The molecule has 3 rings (SSSR count). The quantitative estimate of drug-likeness (QED) is 0.639. The maximum absolute atomic E-state index is 12.6. The highest BCUT2D eigenvalue weighted by Gasteiger charge is 2.28. The number of carbonyl (C=O) groups excluding carboxylic acids is 1. The highest BCUT2D eigenvalue weighted by molar-refractivity contribution is 7.89. The van der Waals surface area contributed by atoms with E-state index in [2.05, 4.69) is 10.2 Å². The molecule has 0 saturated carbocycles. The minimum Gasteiger partial charge on any atom is -0.482 e. The Morgan fingerprint density at radius 1 is 1.03 bits per heavy atom. The Morgan fingerprint density at radius 3 is 2.40 bits per heavy atom. The summed E-state index contributed by atoms with van der Waals surface area (Å²) in [6.45, 7) is 2.99. The number of halogens is 2. The summed E-state index contributed by atoms with van der Waals surface area (Å²) in [5.41, 5.74) is 0. The molecule has 0 unspecified atom stereocenters. The molecule has 1 aliphatic heterocycles. The Balaban J connectivity index is 1.37. The zero-order valence-electron chi connectivity index (χ0n) is 16.3. The van der Waals surface area contributed by atoms with Gasteiger partial charge in [-0.3, -0.25) is 9.69 Å². The van der Waals surface area contributed by atoms with Crippen LogP contribution in [0.1, 0.15) is 0 Å². The number of benzene rings is 2. The molecule has 30 heavy (non-hydrogen) atoms. The number of sulfonamides is 1. The van der Waals surface area contributed by atoms with Gasteiger partial charge in [0.25, 0.3) is 5.91 Å². The number of ether oxygens (including phenoxy) is 1. The number of rotatable bonds is 8. The summed E-state index contributed by atoms with van der Waals surface area (Å²) in [6, 6.07) is 13.2. The van der Waals surface area contributed by atoms with Gasteiger partial charge in [0.1, 0.15) is 5.75 Å². The van der Waals surface area contributed by atoms with Crippen molar-refractivity contribution >= 4 is 39.1 Å². The fraction of sp³-hybridized carbons (Fsp3) is 0.350. The van der Waals surface area contributed by atoms with Crippen LogP contribution in [0.4, 0.5) is 0 Å². The van der Waals surface area contributed by atoms with Gasteiger partial charge in [-0.1, -0.05) is 41.4 Å². The fourth-order valence-electron chi connectivity index (χ4n) is 3.08. The first-order valence-electron chi connectivity index (χ1n) is 9.48. The van der Waals surface area contributed by atoms with Crippen molar-refractivity contribution < 1.29 is 17.9 Å². The maximum atomic E-state index is 12.6. The van der Waals surface area contributed by atoms with Gasteiger partial charge in [-0.15, -0.1) is 0 Å². The van der Waals surface area contributed by atoms with Crippen LogP contribution in [-0.4, -0.2) is 69.4 Å². The Hall–Kier alpha value is -1.84. The Morgan fingerprint density at radius 2 is 1.73 bits per heavy atom.